The first-order chi connectivity index (χ1) is 7.80. The molecule has 2 aromatic rings. The first-order valence-electron chi connectivity index (χ1n) is 5.66. The highest BCUT2D eigenvalue weighted by molar-refractivity contribution is 5.35. The third-order valence-electron chi connectivity index (χ3n) is 3.35. The molecule has 1 aliphatic heterocycles. The Morgan fingerprint density at radius 3 is 3.19 bits per heavy atom. The van der Waals surface area contributed by atoms with Gasteiger partial charge in [0, 0.05) is 24.4 Å². The summed E-state index contributed by atoms with van der Waals surface area (Å²) >= 11 is 0. The predicted molar refractivity (Wildman–Crippen MR) is 60.2 cm³/mol. The number of hydrogen-bond acceptors (Lipinski definition) is 4. The summed E-state index contributed by atoms with van der Waals surface area (Å²) in [6.45, 7) is 4.32. The number of hydrogen-bond donors (Lipinski definition) is 1. The smallest absolute Gasteiger partial charge is 0.179 e. The van der Waals surface area contributed by atoms with Gasteiger partial charge in [0.25, 0.3) is 0 Å². The van der Waals surface area contributed by atoms with E-state index in [-0.39, 0.29) is 5.41 Å². The molecule has 5 nitrogen and oxygen atoms in total. The minimum absolute atomic E-state index is 0.0824. The maximum Gasteiger partial charge on any atom is 0.179 e. The van der Waals surface area contributed by atoms with Gasteiger partial charge in [0.05, 0.1) is 6.20 Å². The van der Waals surface area contributed by atoms with Crippen molar-refractivity contribution in [1.82, 2.24) is 24.9 Å². The highest BCUT2D eigenvalue weighted by Gasteiger charge is 2.33. The Labute approximate surface area is 93.9 Å². The first kappa shape index (κ1) is 9.72. The van der Waals surface area contributed by atoms with Gasteiger partial charge in [-0.05, 0) is 19.4 Å². The lowest BCUT2D eigenvalue weighted by Gasteiger charge is -2.32. The van der Waals surface area contributed by atoms with Crippen molar-refractivity contribution >= 4 is 5.65 Å². The average molecular weight is 217 g/mol. The summed E-state index contributed by atoms with van der Waals surface area (Å²) < 4.78 is 2.04. The van der Waals surface area contributed by atoms with E-state index in [1.54, 1.807) is 12.4 Å². The predicted octanol–water partition coefficient (Wildman–Crippen LogP) is 0.765. The molecule has 1 unspecified atom stereocenters. The standard InChI is InChI=1S/C11H15N5/c1-11(3-2-4-13-8-11)10-15-14-9-7-12-5-6-16(9)10/h5-7,13H,2-4,8H2,1H3. The molecular formula is C11H15N5. The van der Waals surface area contributed by atoms with Gasteiger partial charge in [0.2, 0.25) is 0 Å². The molecule has 1 saturated heterocycles. The first-order valence-corrected chi connectivity index (χ1v) is 5.66. The molecule has 3 heterocycles. The van der Waals surface area contributed by atoms with Crippen LogP contribution in [0.3, 0.4) is 0 Å². The molecule has 0 amide bonds. The molecule has 2 aromatic heterocycles. The SMILES string of the molecule is CC1(c2nnc3cnccn23)CCCNC1. The average Bonchev–Trinajstić information content (AvgIpc) is 2.74. The second kappa shape index (κ2) is 3.52. The Morgan fingerprint density at radius 2 is 2.38 bits per heavy atom. The van der Waals surface area contributed by atoms with Crippen molar-refractivity contribution in [3.05, 3.63) is 24.4 Å². The van der Waals surface area contributed by atoms with Gasteiger partial charge in [0.15, 0.2) is 5.65 Å². The van der Waals surface area contributed by atoms with E-state index in [0.29, 0.717) is 0 Å². The van der Waals surface area contributed by atoms with Crippen LogP contribution in [0.15, 0.2) is 18.6 Å². The van der Waals surface area contributed by atoms with E-state index in [2.05, 4.69) is 27.4 Å². The fourth-order valence-corrected chi connectivity index (χ4v) is 2.41. The molecular weight excluding hydrogens is 202 g/mol. The van der Waals surface area contributed by atoms with Crippen LogP contribution in [-0.2, 0) is 5.41 Å². The molecule has 0 aliphatic carbocycles. The Morgan fingerprint density at radius 1 is 1.44 bits per heavy atom. The monoisotopic (exact) mass is 217 g/mol. The molecule has 84 valence electrons. The van der Waals surface area contributed by atoms with Crippen LogP contribution in [0.1, 0.15) is 25.6 Å². The van der Waals surface area contributed by atoms with Crippen LogP contribution in [0, 0.1) is 0 Å². The Hall–Kier alpha value is -1.49. The highest BCUT2D eigenvalue weighted by Crippen LogP contribution is 2.29. The summed E-state index contributed by atoms with van der Waals surface area (Å²) in [7, 11) is 0. The Kier molecular flexibility index (Phi) is 2.14. The number of fused-ring (bicyclic) bond motifs is 1. The Balaban J connectivity index is 2.11. The highest BCUT2D eigenvalue weighted by atomic mass is 15.3. The number of nitrogens with one attached hydrogen (secondary N) is 1. The molecule has 1 N–H and O–H groups in total. The third-order valence-corrected chi connectivity index (χ3v) is 3.35. The molecule has 1 atom stereocenters. The summed E-state index contributed by atoms with van der Waals surface area (Å²) in [4.78, 5) is 4.06. The Bertz CT molecular complexity index is 498. The van der Waals surface area contributed by atoms with E-state index in [0.717, 1.165) is 31.0 Å². The lowest BCUT2D eigenvalue weighted by atomic mass is 9.82. The number of rotatable bonds is 1. The molecule has 5 heteroatoms. The van der Waals surface area contributed by atoms with E-state index in [9.17, 15) is 0 Å². The molecule has 3 rings (SSSR count). The minimum atomic E-state index is 0.0824. The van der Waals surface area contributed by atoms with Gasteiger partial charge in [-0.3, -0.25) is 9.38 Å². The van der Waals surface area contributed by atoms with Crippen LogP contribution < -0.4 is 5.32 Å². The quantitative estimate of drug-likeness (QED) is 0.766. The van der Waals surface area contributed by atoms with Crippen LogP contribution in [0.2, 0.25) is 0 Å². The van der Waals surface area contributed by atoms with Gasteiger partial charge in [0.1, 0.15) is 5.82 Å². The molecule has 1 aliphatic rings. The van der Waals surface area contributed by atoms with Gasteiger partial charge in [-0.15, -0.1) is 10.2 Å². The van der Waals surface area contributed by atoms with Crippen molar-refractivity contribution in [3.8, 4) is 0 Å². The van der Waals surface area contributed by atoms with Crippen molar-refractivity contribution in [3.63, 3.8) is 0 Å². The van der Waals surface area contributed by atoms with Crippen LogP contribution in [-0.4, -0.2) is 32.7 Å². The van der Waals surface area contributed by atoms with Crippen molar-refractivity contribution < 1.29 is 0 Å². The lowest BCUT2D eigenvalue weighted by molar-refractivity contribution is 0.321. The summed E-state index contributed by atoms with van der Waals surface area (Å²) in [6, 6.07) is 0. The van der Waals surface area contributed by atoms with Crippen molar-refractivity contribution in [1.29, 1.82) is 0 Å². The van der Waals surface area contributed by atoms with Crippen LogP contribution >= 0.6 is 0 Å². The molecule has 1 fully saturated rings. The zero-order valence-electron chi connectivity index (χ0n) is 9.35. The van der Waals surface area contributed by atoms with Crippen LogP contribution in [0.25, 0.3) is 5.65 Å². The number of piperidine rings is 1. The second-order valence-electron chi connectivity index (χ2n) is 4.67. The third kappa shape index (κ3) is 1.39. The van der Waals surface area contributed by atoms with E-state index in [1.807, 2.05) is 10.6 Å². The largest absolute Gasteiger partial charge is 0.316 e. The number of nitrogens with zero attached hydrogens (tertiary/aromatic N) is 4. The maximum atomic E-state index is 4.32. The zero-order chi connectivity index (χ0) is 11.0. The lowest BCUT2D eigenvalue weighted by Crippen LogP contribution is -2.42. The molecule has 16 heavy (non-hydrogen) atoms. The topological polar surface area (TPSA) is 55.1 Å². The van der Waals surface area contributed by atoms with E-state index < -0.39 is 0 Å². The summed E-state index contributed by atoms with van der Waals surface area (Å²) in [5.41, 5.74) is 0.906. The van der Waals surface area contributed by atoms with E-state index in [1.165, 1.54) is 6.42 Å². The number of aromatic nitrogens is 4. The van der Waals surface area contributed by atoms with E-state index in [4.69, 9.17) is 0 Å². The van der Waals surface area contributed by atoms with Crippen molar-refractivity contribution in [2.24, 2.45) is 0 Å². The van der Waals surface area contributed by atoms with E-state index >= 15 is 0 Å². The molecule has 0 radical (unpaired) electrons. The normalized spacial score (nSPS) is 26.1. The van der Waals surface area contributed by atoms with Crippen molar-refractivity contribution in [2.45, 2.75) is 25.2 Å². The van der Waals surface area contributed by atoms with Crippen LogP contribution in [0.4, 0.5) is 0 Å². The van der Waals surface area contributed by atoms with Gasteiger partial charge in [-0.2, -0.15) is 0 Å². The van der Waals surface area contributed by atoms with Crippen LogP contribution in [0.5, 0.6) is 0 Å². The summed E-state index contributed by atoms with van der Waals surface area (Å²) in [5, 5.41) is 11.9. The van der Waals surface area contributed by atoms with Gasteiger partial charge in [-0.1, -0.05) is 6.92 Å². The molecule has 0 saturated carbocycles. The molecule has 0 bridgehead atoms. The maximum absolute atomic E-state index is 4.32. The summed E-state index contributed by atoms with van der Waals surface area (Å²) in [6.07, 6.45) is 7.81. The second-order valence-corrected chi connectivity index (χ2v) is 4.67. The zero-order valence-corrected chi connectivity index (χ0v) is 9.35. The molecule has 0 aromatic carbocycles. The van der Waals surface area contributed by atoms with Gasteiger partial charge in [-0.25, -0.2) is 0 Å². The minimum Gasteiger partial charge on any atom is -0.316 e. The van der Waals surface area contributed by atoms with Crippen molar-refractivity contribution in [2.75, 3.05) is 13.1 Å². The summed E-state index contributed by atoms with van der Waals surface area (Å²) in [5.74, 6) is 1.04. The molecule has 0 spiro atoms. The fraction of sp³-hybridized carbons (Fsp3) is 0.545. The fourth-order valence-electron chi connectivity index (χ4n) is 2.41. The van der Waals surface area contributed by atoms with Gasteiger partial charge < -0.3 is 5.32 Å². The van der Waals surface area contributed by atoms with Gasteiger partial charge >= 0.3 is 0 Å².